The largest absolute Gasteiger partial charge is 0.394 e. The molecule has 0 spiro atoms. The van der Waals surface area contributed by atoms with Gasteiger partial charge in [-0.3, -0.25) is 9.20 Å². The van der Waals surface area contributed by atoms with Crippen molar-refractivity contribution < 1.29 is 5.11 Å². The highest BCUT2D eigenvalue weighted by Crippen LogP contribution is 2.29. The van der Waals surface area contributed by atoms with E-state index in [2.05, 4.69) is 10.3 Å². The number of nitrogens with zero attached hydrogens (tertiary/aromatic N) is 2. The van der Waals surface area contributed by atoms with Crippen LogP contribution in [0.25, 0.3) is 5.65 Å². The Morgan fingerprint density at radius 3 is 2.86 bits per heavy atom. The number of aromatic nitrogens is 2. The summed E-state index contributed by atoms with van der Waals surface area (Å²) in [4.78, 5) is 16.5. The number of hydrogen-bond donors (Lipinski definition) is 2. The number of aliphatic hydroxyl groups is 1. The number of nitrogens with one attached hydrogen (secondary N) is 1. The Balaban J connectivity index is 1.84. The molecule has 2 aromatic rings. The number of fused-ring (bicyclic) bond motifs is 1. The van der Waals surface area contributed by atoms with Crippen molar-refractivity contribution in [1.29, 1.82) is 0 Å². The van der Waals surface area contributed by atoms with Crippen molar-refractivity contribution in [2.75, 3.05) is 6.61 Å². The van der Waals surface area contributed by atoms with Gasteiger partial charge in [0.15, 0.2) is 0 Å². The second kappa shape index (κ2) is 5.75. The van der Waals surface area contributed by atoms with E-state index in [-0.39, 0.29) is 17.7 Å². The van der Waals surface area contributed by atoms with Gasteiger partial charge in [-0.15, -0.1) is 0 Å². The van der Waals surface area contributed by atoms with Crippen LogP contribution in [0.3, 0.4) is 0 Å². The summed E-state index contributed by atoms with van der Waals surface area (Å²) in [6.07, 6.45) is 5.74. The molecule has 112 valence electrons. The Kier molecular flexibility index (Phi) is 3.97. The van der Waals surface area contributed by atoms with Crippen molar-refractivity contribution in [1.82, 2.24) is 14.7 Å². The standard InChI is InChI=1S/C15H18ClN3O2/c16-11-3-4-13-18-12(7-14(21)19(13)9-11)8-17-15(10-20)5-1-2-6-15/h3-4,7,9,17,20H,1-2,5-6,8,10H2. The van der Waals surface area contributed by atoms with E-state index in [4.69, 9.17) is 11.6 Å². The van der Waals surface area contributed by atoms with Gasteiger partial charge in [0.25, 0.3) is 5.56 Å². The van der Waals surface area contributed by atoms with E-state index in [0.29, 0.717) is 22.9 Å². The number of halogens is 1. The fraction of sp³-hybridized carbons (Fsp3) is 0.467. The molecule has 5 nitrogen and oxygen atoms in total. The fourth-order valence-electron chi connectivity index (χ4n) is 2.94. The molecular weight excluding hydrogens is 290 g/mol. The fourth-order valence-corrected chi connectivity index (χ4v) is 3.10. The van der Waals surface area contributed by atoms with Crippen LogP contribution < -0.4 is 10.9 Å². The zero-order valence-electron chi connectivity index (χ0n) is 11.7. The first-order valence-electron chi connectivity index (χ1n) is 7.16. The molecule has 2 aromatic heterocycles. The van der Waals surface area contributed by atoms with Crippen LogP contribution in [0.4, 0.5) is 0 Å². The highest BCUT2D eigenvalue weighted by molar-refractivity contribution is 6.30. The van der Waals surface area contributed by atoms with Gasteiger partial charge in [0, 0.05) is 24.3 Å². The lowest BCUT2D eigenvalue weighted by atomic mass is 9.99. The predicted octanol–water partition coefficient (Wildman–Crippen LogP) is 1.74. The van der Waals surface area contributed by atoms with Gasteiger partial charge in [-0.25, -0.2) is 4.98 Å². The van der Waals surface area contributed by atoms with Crippen LogP contribution in [-0.4, -0.2) is 26.6 Å². The maximum Gasteiger partial charge on any atom is 0.258 e. The quantitative estimate of drug-likeness (QED) is 0.903. The van der Waals surface area contributed by atoms with Crippen LogP contribution in [0.15, 0.2) is 29.2 Å². The summed E-state index contributed by atoms with van der Waals surface area (Å²) in [5, 5.41) is 13.5. The molecule has 0 aliphatic heterocycles. The minimum atomic E-state index is -0.215. The Morgan fingerprint density at radius 1 is 1.38 bits per heavy atom. The third kappa shape index (κ3) is 2.95. The van der Waals surface area contributed by atoms with Crippen molar-refractivity contribution in [3.05, 3.63) is 45.5 Å². The minimum absolute atomic E-state index is 0.120. The zero-order chi connectivity index (χ0) is 14.9. The topological polar surface area (TPSA) is 66.6 Å². The molecule has 0 bridgehead atoms. The molecular formula is C15H18ClN3O2. The van der Waals surface area contributed by atoms with Crippen LogP contribution in [0, 0.1) is 0 Å². The van der Waals surface area contributed by atoms with Gasteiger partial charge < -0.3 is 10.4 Å². The zero-order valence-corrected chi connectivity index (χ0v) is 12.4. The van der Waals surface area contributed by atoms with Gasteiger partial charge in [-0.1, -0.05) is 24.4 Å². The molecule has 6 heteroatoms. The van der Waals surface area contributed by atoms with Gasteiger partial charge in [-0.05, 0) is 25.0 Å². The van der Waals surface area contributed by atoms with E-state index in [1.165, 1.54) is 10.5 Å². The second-order valence-electron chi connectivity index (χ2n) is 5.66. The Labute approximate surface area is 127 Å². The third-order valence-corrected chi connectivity index (χ3v) is 4.41. The normalized spacial score (nSPS) is 17.4. The van der Waals surface area contributed by atoms with Gasteiger partial charge in [0.2, 0.25) is 0 Å². The molecule has 1 saturated carbocycles. The van der Waals surface area contributed by atoms with E-state index in [1.807, 2.05) is 0 Å². The SMILES string of the molecule is O=c1cc(CNC2(CO)CCCC2)nc2ccc(Cl)cn12. The summed E-state index contributed by atoms with van der Waals surface area (Å²) in [5.41, 5.74) is 0.895. The van der Waals surface area contributed by atoms with Crippen LogP contribution >= 0.6 is 11.6 Å². The van der Waals surface area contributed by atoms with Crippen molar-refractivity contribution in [2.24, 2.45) is 0 Å². The first kappa shape index (κ1) is 14.5. The molecule has 0 radical (unpaired) electrons. The monoisotopic (exact) mass is 307 g/mol. The molecule has 0 atom stereocenters. The van der Waals surface area contributed by atoms with E-state index in [9.17, 15) is 9.90 Å². The molecule has 1 fully saturated rings. The summed E-state index contributed by atoms with van der Waals surface area (Å²) >= 11 is 5.89. The summed E-state index contributed by atoms with van der Waals surface area (Å²) < 4.78 is 1.43. The summed E-state index contributed by atoms with van der Waals surface area (Å²) in [6.45, 7) is 0.601. The molecule has 1 aliphatic rings. The Morgan fingerprint density at radius 2 is 2.14 bits per heavy atom. The lowest BCUT2D eigenvalue weighted by Crippen LogP contribution is -2.45. The smallest absolute Gasteiger partial charge is 0.258 e. The molecule has 0 amide bonds. The number of rotatable bonds is 4. The van der Waals surface area contributed by atoms with Gasteiger partial charge in [-0.2, -0.15) is 0 Å². The third-order valence-electron chi connectivity index (χ3n) is 4.18. The maximum absolute atomic E-state index is 12.1. The van der Waals surface area contributed by atoms with Crippen molar-refractivity contribution in [2.45, 2.75) is 37.8 Å². The molecule has 0 saturated heterocycles. The molecule has 1 aliphatic carbocycles. The van der Waals surface area contributed by atoms with Gasteiger partial charge in [0.1, 0.15) is 5.65 Å². The maximum atomic E-state index is 12.1. The number of hydrogen-bond acceptors (Lipinski definition) is 4. The lowest BCUT2D eigenvalue weighted by molar-refractivity contribution is 0.162. The van der Waals surface area contributed by atoms with Crippen molar-refractivity contribution in [3.8, 4) is 0 Å². The highest BCUT2D eigenvalue weighted by Gasteiger charge is 2.32. The molecule has 21 heavy (non-hydrogen) atoms. The van der Waals surface area contributed by atoms with Crippen LogP contribution in [-0.2, 0) is 6.54 Å². The summed E-state index contributed by atoms with van der Waals surface area (Å²) in [6, 6.07) is 4.95. The number of pyridine rings is 1. The molecule has 3 rings (SSSR count). The summed E-state index contributed by atoms with van der Waals surface area (Å²) in [7, 11) is 0. The Hall–Kier alpha value is -1.43. The van der Waals surface area contributed by atoms with Crippen molar-refractivity contribution in [3.63, 3.8) is 0 Å². The van der Waals surface area contributed by atoms with E-state index in [1.54, 1.807) is 18.3 Å². The van der Waals surface area contributed by atoms with Crippen LogP contribution in [0.1, 0.15) is 31.4 Å². The van der Waals surface area contributed by atoms with Crippen molar-refractivity contribution >= 4 is 17.2 Å². The lowest BCUT2D eigenvalue weighted by Gasteiger charge is -2.27. The Bertz CT molecular complexity index is 708. The van der Waals surface area contributed by atoms with E-state index < -0.39 is 0 Å². The van der Waals surface area contributed by atoms with E-state index in [0.717, 1.165) is 25.7 Å². The molecule has 0 aromatic carbocycles. The van der Waals surface area contributed by atoms with Gasteiger partial charge in [0.05, 0.1) is 17.3 Å². The molecule has 0 unspecified atom stereocenters. The minimum Gasteiger partial charge on any atom is -0.394 e. The van der Waals surface area contributed by atoms with Crippen LogP contribution in [0.2, 0.25) is 5.02 Å². The number of aliphatic hydroxyl groups excluding tert-OH is 1. The van der Waals surface area contributed by atoms with Gasteiger partial charge >= 0.3 is 0 Å². The van der Waals surface area contributed by atoms with E-state index >= 15 is 0 Å². The molecule has 2 heterocycles. The highest BCUT2D eigenvalue weighted by atomic mass is 35.5. The average molecular weight is 308 g/mol. The average Bonchev–Trinajstić information content (AvgIpc) is 2.95. The first-order chi connectivity index (χ1) is 10.1. The summed E-state index contributed by atoms with van der Waals surface area (Å²) in [5.74, 6) is 0. The first-order valence-corrected chi connectivity index (χ1v) is 7.53. The van der Waals surface area contributed by atoms with Crippen LogP contribution in [0.5, 0.6) is 0 Å². The predicted molar refractivity (Wildman–Crippen MR) is 81.6 cm³/mol. The second-order valence-corrected chi connectivity index (χ2v) is 6.10. The molecule has 2 N–H and O–H groups in total.